The summed E-state index contributed by atoms with van der Waals surface area (Å²) < 4.78 is 0. The van der Waals surface area contributed by atoms with Crippen molar-refractivity contribution >= 4 is 11.8 Å². The van der Waals surface area contributed by atoms with Crippen LogP contribution in [0.25, 0.3) is 0 Å². The second-order valence-electron chi connectivity index (χ2n) is 4.92. The van der Waals surface area contributed by atoms with E-state index < -0.39 is 12.2 Å². The lowest BCUT2D eigenvalue weighted by Gasteiger charge is -2.29. The Labute approximate surface area is 103 Å². The summed E-state index contributed by atoms with van der Waals surface area (Å²) in [6, 6.07) is -0.273. The van der Waals surface area contributed by atoms with Crippen molar-refractivity contribution in [3.63, 3.8) is 0 Å². The van der Waals surface area contributed by atoms with Crippen molar-refractivity contribution in [3.05, 3.63) is 0 Å². The lowest BCUT2D eigenvalue weighted by molar-refractivity contribution is 0.0117. The largest absolute Gasteiger partial charge is 0.390 e. The maximum Gasteiger partial charge on any atom is 0.0957 e. The first-order chi connectivity index (χ1) is 7.65. The Hall–Kier alpha value is 0.230. The third-order valence-electron chi connectivity index (χ3n) is 3.50. The summed E-state index contributed by atoms with van der Waals surface area (Å²) in [5.74, 6) is 1.21. The topological polar surface area (TPSA) is 66.5 Å². The highest BCUT2D eigenvalue weighted by Gasteiger charge is 2.26. The van der Waals surface area contributed by atoms with Gasteiger partial charge in [-0.2, -0.15) is 11.8 Å². The molecule has 0 amide bonds. The minimum Gasteiger partial charge on any atom is -0.390 e. The molecule has 3 atom stereocenters. The van der Waals surface area contributed by atoms with Crippen LogP contribution in [0.4, 0.5) is 0 Å². The number of hydrogen-bond acceptors (Lipinski definition) is 4. The van der Waals surface area contributed by atoms with Crippen LogP contribution < -0.4 is 5.73 Å². The fraction of sp³-hybridized carbons (Fsp3) is 1.00. The van der Waals surface area contributed by atoms with Crippen LogP contribution in [-0.2, 0) is 0 Å². The summed E-state index contributed by atoms with van der Waals surface area (Å²) in [5.41, 5.74) is 5.96. The van der Waals surface area contributed by atoms with E-state index >= 15 is 0 Å². The highest BCUT2D eigenvalue weighted by molar-refractivity contribution is 7.98. The van der Waals surface area contributed by atoms with Gasteiger partial charge in [0.1, 0.15) is 0 Å². The van der Waals surface area contributed by atoms with E-state index in [4.69, 9.17) is 5.73 Å². The van der Waals surface area contributed by atoms with E-state index in [1.54, 1.807) is 0 Å². The van der Waals surface area contributed by atoms with Gasteiger partial charge in [-0.25, -0.2) is 0 Å². The molecule has 0 bridgehead atoms. The predicted molar refractivity (Wildman–Crippen MR) is 69.6 cm³/mol. The zero-order valence-corrected chi connectivity index (χ0v) is 11.0. The molecular formula is C12H25NO2S. The Morgan fingerprint density at radius 2 is 1.88 bits per heavy atom. The van der Waals surface area contributed by atoms with Gasteiger partial charge in [0.15, 0.2) is 0 Å². The average Bonchev–Trinajstić information content (AvgIpc) is 2.29. The lowest BCUT2D eigenvalue weighted by atomic mass is 9.83. The first-order valence-electron chi connectivity index (χ1n) is 6.25. The van der Waals surface area contributed by atoms with Crippen LogP contribution in [0.5, 0.6) is 0 Å². The van der Waals surface area contributed by atoms with Crippen LogP contribution in [-0.4, -0.2) is 40.5 Å². The summed E-state index contributed by atoms with van der Waals surface area (Å²) in [6.07, 6.45) is 7.71. The normalized spacial score (nSPS) is 24.0. The molecule has 3 unspecified atom stereocenters. The zero-order chi connectivity index (χ0) is 12.0. The quantitative estimate of drug-likeness (QED) is 0.663. The molecule has 3 nitrogen and oxygen atoms in total. The van der Waals surface area contributed by atoms with E-state index in [-0.39, 0.29) is 6.04 Å². The first-order valence-corrected chi connectivity index (χ1v) is 7.65. The first kappa shape index (κ1) is 14.3. The van der Waals surface area contributed by atoms with E-state index in [0.717, 1.165) is 6.42 Å². The number of aliphatic hydroxyl groups is 2. The van der Waals surface area contributed by atoms with Gasteiger partial charge in [0, 0.05) is 11.8 Å². The zero-order valence-electron chi connectivity index (χ0n) is 10.1. The van der Waals surface area contributed by atoms with Gasteiger partial charge in [0.2, 0.25) is 0 Å². The molecule has 4 heteroatoms. The summed E-state index contributed by atoms with van der Waals surface area (Å²) >= 11 is 1.54. The van der Waals surface area contributed by atoms with Crippen molar-refractivity contribution in [1.82, 2.24) is 0 Å². The minimum absolute atomic E-state index is 0.273. The van der Waals surface area contributed by atoms with Crippen LogP contribution in [0.1, 0.15) is 38.5 Å². The standard InChI is InChI=1S/C12H25NO2S/c1-16-8-11(14)12(15)10(13)7-9-5-3-2-4-6-9/h9-12,14-15H,2-8,13H2,1H3. The van der Waals surface area contributed by atoms with E-state index in [9.17, 15) is 10.2 Å². The summed E-state index contributed by atoms with van der Waals surface area (Å²) in [4.78, 5) is 0. The minimum atomic E-state index is -0.769. The fourth-order valence-corrected chi connectivity index (χ4v) is 3.04. The Morgan fingerprint density at radius 3 is 2.44 bits per heavy atom. The van der Waals surface area contributed by atoms with E-state index in [1.807, 2.05) is 6.26 Å². The predicted octanol–water partition coefficient (Wildman–Crippen LogP) is 1.37. The molecule has 96 valence electrons. The molecule has 16 heavy (non-hydrogen) atoms. The van der Waals surface area contributed by atoms with Gasteiger partial charge in [-0.05, 0) is 18.6 Å². The number of hydrogen-bond donors (Lipinski definition) is 3. The highest BCUT2D eigenvalue weighted by Crippen LogP contribution is 2.27. The van der Waals surface area contributed by atoms with Crippen molar-refractivity contribution in [2.45, 2.75) is 56.8 Å². The molecule has 0 spiro atoms. The highest BCUT2D eigenvalue weighted by atomic mass is 32.2. The van der Waals surface area contributed by atoms with Gasteiger partial charge in [-0.1, -0.05) is 32.1 Å². The molecule has 1 fully saturated rings. The van der Waals surface area contributed by atoms with Crippen molar-refractivity contribution in [2.75, 3.05) is 12.0 Å². The molecule has 0 aromatic rings. The molecule has 1 aliphatic carbocycles. The van der Waals surface area contributed by atoms with Gasteiger partial charge < -0.3 is 15.9 Å². The second kappa shape index (κ2) is 7.54. The molecule has 0 aliphatic heterocycles. The van der Waals surface area contributed by atoms with Gasteiger partial charge in [0.25, 0.3) is 0 Å². The Balaban J connectivity index is 2.29. The molecule has 1 rings (SSSR count). The number of thioether (sulfide) groups is 1. The van der Waals surface area contributed by atoms with Crippen LogP contribution in [0.2, 0.25) is 0 Å². The molecule has 0 saturated heterocycles. The maximum atomic E-state index is 9.86. The van der Waals surface area contributed by atoms with Crippen molar-refractivity contribution in [1.29, 1.82) is 0 Å². The summed E-state index contributed by atoms with van der Waals surface area (Å²) in [5, 5.41) is 19.5. The van der Waals surface area contributed by atoms with E-state index in [2.05, 4.69) is 0 Å². The van der Waals surface area contributed by atoms with Crippen LogP contribution in [0.3, 0.4) is 0 Å². The van der Waals surface area contributed by atoms with E-state index in [0.29, 0.717) is 11.7 Å². The summed E-state index contributed by atoms with van der Waals surface area (Å²) in [6.45, 7) is 0. The monoisotopic (exact) mass is 247 g/mol. The van der Waals surface area contributed by atoms with Crippen LogP contribution in [0, 0.1) is 5.92 Å². The Bertz CT molecular complexity index is 186. The van der Waals surface area contributed by atoms with Crippen molar-refractivity contribution in [3.8, 4) is 0 Å². The van der Waals surface area contributed by atoms with Gasteiger partial charge in [-0.15, -0.1) is 0 Å². The fourth-order valence-electron chi connectivity index (χ4n) is 2.50. The molecular weight excluding hydrogens is 222 g/mol. The van der Waals surface area contributed by atoms with Gasteiger partial charge in [-0.3, -0.25) is 0 Å². The SMILES string of the molecule is CSCC(O)C(O)C(N)CC1CCCCC1. The molecule has 4 N–H and O–H groups in total. The smallest absolute Gasteiger partial charge is 0.0957 e. The third kappa shape index (κ3) is 4.62. The average molecular weight is 247 g/mol. The molecule has 0 aromatic heterocycles. The number of nitrogens with two attached hydrogens (primary N) is 1. The van der Waals surface area contributed by atoms with E-state index in [1.165, 1.54) is 43.9 Å². The number of aliphatic hydroxyl groups excluding tert-OH is 2. The molecule has 1 aliphatic rings. The lowest BCUT2D eigenvalue weighted by Crippen LogP contribution is -2.45. The Kier molecular flexibility index (Phi) is 6.73. The van der Waals surface area contributed by atoms with Crippen LogP contribution >= 0.6 is 11.8 Å². The van der Waals surface area contributed by atoms with Gasteiger partial charge >= 0.3 is 0 Å². The van der Waals surface area contributed by atoms with Crippen molar-refractivity contribution in [2.24, 2.45) is 11.7 Å². The molecule has 1 saturated carbocycles. The molecule has 0 heterocycles. The third-order valence-corrected chi connectivity index (χ3v) is 4.18. The van der Waals surface area contributed by atoms with Crippen LogP contribution in [0.15, 0.2) is 0 Å². The summed E-state index contributed by atoms with van der Waals surface area (Å²) in [7, 11) is 0. The molecule has 0 aromatic carbocycles. The Morgan fingerprint density at radius 1 is 1.25 bits per heavy atom. The maximum absolute atomic E-state index is 9.86. The van der Waals surface area contributed by atoms with Gasteiger partial charge in [0.05, 0.1) is 12.2 Å². The second-order valence-corrected chi connectivity index (χ2v) is 5.83. The van der Waals surface area contributed by atoms with Crippen molar-refractivity contribution < 1.29 is 10.2 Å². The number of rotatable bonds is 6. The molecule has 0 radical (unpaired) electrons.